The average molecular weight is 353 g/mol. The van der Waals surface area contributed by atoms with Gasteiger partial charge in [0, 0.05) is 16.8 Å². The molecule has 124 valence electrons. The molecule has 0 aliphatic rings. The van der Waals surface area contributed by atoms with E-state index in [1.807, 2.05) is 0 Å². The molecule has 0 fully saturated rings. The molecule has 3 rings (SSSR count). The van der Waals surface area contributed by atoms with Gasteiger partial charge in [0.05, 0.1) is 11.9 Å². The second-order valence-corrected chi connectivity index (χ2v) is 5.50. The Bertz CT molecular complexity index is 898. The van der Waals surface area contributed by atoms with Gasteiger partial charge < -0.3 is 10.6 Å². The van der Waals surface area contributed by atoms with Gasteiger partial charge in [-0.3, -0.25) is 14.6 Å². The molecule has 0 bridgehead atoms. The van der Waals surface area contributed by atoms with E-state index in [2.05, 4.69) is 20.6 Å². The highest BCUT2D eigenvalue weighted by molar-refractivity contribution is 6.31. The summed E-state index contributed by atoms with van der Waals surface area (Å²) in [5, 5.41) is 5.83. The van der Waals surface area contributed by atoms with Crippen molar-refractivity contribution >= 4 is 34.9 Å². The fourth-order valence-corrected chi connectivity index (χ4v) is 2.24. The molecule has 2 amide bonds. The average Bonchev–Trinajstić information content (AvgIpc) is 2.64. The van der Waals surface area contributed by atoms with E-state index in [9.17, 15) is 9.59 Å². The van der Waals surface area contributed by atoms with Gasteiger partial charge in [0.2, 0.25) is 0 Å². The third-order valence-electron chi connectivity index (χ3n) is 3.25. The topological polar surface area (TPSA) is 84.0 Å². The smallest absolute Gasteiger partial charge is 0.274 e. The fourth-order valence-electron chi connectivity index (χ4n) is 2.05. The molecule has 0 spiro atoms. The summed E-state index contributed by atoms with van der Waals surface area (Å²) >= 11 is 5.87. The van der Waals surface area contributed by atoms with Crippen molar-refractivity contribution in [1.82, 2.24) is 9.97 Å². The normalized spacial score (nSPS) is 10.1. The first-order chi connectivity index (χ1) is 12.1. The largest absolute Gasteiger partial charge is 0.319 e. The molecule has 3 aromatic rings. The predicted molar refractivity (Wildman–Crippen MR) is 95.8 cm³/mol. The summed E-state index contributed by atoms with van der Waals surface area (Å²) in [7, 11) is 0. The van der Waals surface area contributed by atoms with Crippen LogP contribution >= 0.6 is 11.6 Å². The number of carbonyl (C=O) groups excluding carboxylic acids is 2. The monoisotopic (exact) mass is 352 g/mol. The van der Waals surface area contributed by atoms with Crippen molar-refractivity contribution in [2.24, 2.45) is 0 Å². The van der Waals surface area contributed by atoms with Gasteiger partial charge in [0.1, 0.15) is 11.5 Å². The van der Waals surface area contributed by atoms with Crippen molar-refractivity contribution in [2.45, 2.75) is 0 Å². The summed E-state index contributed by atoms with van der Waals surface area (Å²) in [5.41, 5.74) is 1.24. The van der Waals surface area contributed by atoms with Crippen LogP contribution in [0.2, 0.25) is 5.02 Å². The summed E-state index contributed by atoms with van der Waals surface area (Å²) < 4.78 is 0. The molecular weight excluding hydrogens is 340 g/mol. The van der Waals surface area contributed by atoms with Crippen molar-refractivity contribution in [3.63, 3.8) is 0 Å². The van der Waals surface area contributed by atoms with Gasteiger partial charge in [0.25, 0.3) is 11.8 Å². The van der Waals surface area contributed by atoms with Crippen LogP contribution in [0.5, 0.6) is 0 Å². The minimum absolute atomic E-state index is 0.306. The van der Waals surface area contributed by atoms with Gasteiger partial charge in [-0.2, -0.15) is 0 Å². The number of aromatic nitrogens is 2. The summed E-state index contributed by atoms with van der Waals surface area (Å²) in [6.45, 7) is 0. The fraction of sp³-hybridized carbons (Fsp3) is 0. The van der Waals surface area contributed by atoms with E-state index in [-0.39, 0.29) is 11.8 Å². The zero-order chi connectivity index (χ0) is 17.6. The van der Waals surface area contributed by atoms with Crippen molar-refractivity contribution in [1.29, 1.82) is 0 Å². The van der Waals surface area contributed by atoms with E-state index in [4.69, 9.17) is 11.6 Å². The number of anilines is 2. The van der Waals surface area contributed by atoms with Gasteiger partial charge in [-0.25, -0.2) is 4.98 Å². The molecule has 2 N–H and O–H groups in total. The third-order valence-corrected chi connectivity index (χ3v) is 3.48. The predicted octanol–water partition coefficient (Wildman–Crippen LogP) is 3.63. The van der Waals surface area contributed by atoms with Crippen LogP contribution in [0, 0.1) is 0 Å². The summed E-state index contributed by atoms with van der Waals surface area (Å²) in [5.74, 6) is -0.292. The first-order valence-electron chi connectivity index (χ1n) is 7.37. The van der Waals surface area contributed by atoms with E-state index < -0.39 is 0 Å². The molecule has 0 saturated heterocycles. The van der Waals surface area contributed by atoms with Crippen LogP contribution in [0.15, 0.2) is 67.0 Å². The summed E-state index contributed by atoms with van der Waals surface area (Å²) in [6, 6.07) is 14.9. The second-order valence-electron chi connectivity index (χ2n) is 5.07. The third kappa shape index (κ3) is 4.39. The molecule has 0 radical (unpaired) electrons. The zero-order valence-corrected chi connectivity index (χ0v) is 13.7. The molecule has 6 nitrogen and oxygen atoms in total. The standard InChI is InChI=1S/C18H13ClN4O2/c19-13-5-3-4-12(10-13)17(24)23-16-8-7-14(11-21-16)22-18(25)15-6-1-2-9-20-15/h1-11H,(H,22,25)(H,21,23,24). The molecule has 0 unspecified atom stereocenters. The summed E-state index contributed by atoms with van der Waals surface area (Å²) in [6.07, 6.45) is 3.00. The Kier molecular flexibility index (Phi) is 5.01. The number of amides is 2. The molecule has 0 aliphatic carbocycles. The first kappa shape index (κ1) is 16.6. The van der Waals surface area contributed by atoms with E-state index >= 15 is 0 Å². The Hall–Kier alpha value is -3.25. The minimum atomic E-state index is -0.335. The van der Waals surface area contributed by atoms with Crippen LogP contribution in [0.3, 0.4) is 0 Å². The zero-order valence-electron chi connectivity index (χ0n) is 12.9. The number of hydrogen-bond acceptors (Lipinski definition) is 4. The summed E-state index contributed by atoms with van der Waals surface area (Å²) in [4.78, 5) is 32.2. The van der Waals surface area contributed by atoms with E-state index in [0.29, 0.717) is 27.8 Å². The lowest BCUT2D eigenvalue weighted by Crippen LogP contribution is -2.15. The van der Waals surface area contributed by atoms with E-state index in [0.717, 1.165) is 0 Å². The highest BCUT2D eigenvalue weighted by Crippen LogP contribution is 2.14. The number of nitrogens with zero attached hydrogens (tertiary/aromatic N) is 2. The van der Waals surface area contributed by atoms with E-state index in [1.54, 1.807) is 60.8 Å². The number of hydrogen-bond donors (Lipinski definition) is 2. The number of halogens is 1. The Labute approximate surface area is 148 Å². The minimum Gasteiger partial charge on any atom is -0.319 e. The van der Waals surface area contributed by atoms with Crippen molar-refractivity contribution in [3.8, 4) is 0 Å². The lowest BCUT2D eigenvalue weighted by Gasteiger charge is -2.07. The number of nitrogens with one attached hydrogen (secondary N) is 2. The van der Waals surface area contributed by atoms with Crippen LogP contribution in [-0.2, 0) is 0 Å². The molecule has 2 heterocycles. The van der Waals surface area contributed by atoms with Crippen molar-refractivity contribution in [2.75, 3.05) is 10.6 Å². The molecule has 0 atom stereocenters. The highest BCUT2D eigenvalue weighted by atomic mass is 35.5. The SMILES string of the molecule is O=C(Nc1ccc(NC(=O)c2ccccn2)cn1)c1cccc(Cl)c1. The van der Waals surface area contributed by atoms with Crippen LogP contribution in [0.4, 0.5) is 11.5 Å². The van der Waals surface area contributed by atoms with Gasteiger partial charge in [-0.1, -0.05) is 23.7 Å². The van der Waals surface area contributed by atoms with Crippen LogP contribution in [-0.4, -0.2) is 21.8 Å². The lowest BCUT2D eigenvalue weighted by atomic mass is 10.2. The van der Waals surface area contributed by atoms with Gasteiger partial charge >= 0.3 is 0 Å². The maximum atomic E-state index is 12.1. The van der Waals surface area contributed by atoms with Crippen LogP contribution < -0.4 is 10.6 Å². The number of pyridine rings is 2. The molecular formula is C18H13ClN4O2. The first-order valence-corrected chi connectivity index (χ1v) is 7.75. The Balaban J connectivity index is 1.64. The Morgan fingerprint density at radius 1 is 0.880 bits per heavy atom. The molecule has 2 aromatic heterocycles. The van der Waals surface area contributed by atoms with Gasteiger partial charge in [0.15, 0.2) is 0 Å². The molecule has 25 heavy (non-hydrogen) atoms. The quantitative estimate of drug-likeness (QED) is 0.750. The lowest BCUT2D eigenvalue weighted by molar-refractivity contribution is 0.101. The maximum Gasteiger partial charge on any atom is 0.274 e. The Morgan fingerprint density at radius 2 is 1.76 bits per heavy atom. The highest BCUT2D eigenvalue weighted by Gasteiger charge is 2.09. The maximum absolute atomic E-state index is 12.1. The molecule has 7 heteroatoms. The molecule has 0 saturated carbocycles. The second kappa shape index (κ2) is 7.55. The number of carbonyl (C=O) groups is 2. The van der Waals surface area contributed by atoms with Crippen molar-refractivity contribution in [3.05, 3.63) is 83.3 Å². The van der Waals surface area contributed by atoms with Crippen LogP contribution in [0.1, 0.15) is 20.8 Å². The van der Waals surface area contributed by atoms with E-state index in [1.165, 1.54) is 6.20 Å². The van der Waals surface area contributed by atoms with Gasteiger partial charge in [-0.05, 0) is 42.5 Å². The number of rotatable bonds is 4. The molecule has 0 aliphatic heterocycles. The van der Waals surface area contributed by atoms with Crippen molar-refractivity contribution < 1.29 is 9.59 Å². The molecule has 1 aromatic carbocycles. The Morgan fingerprint density at radius 3 is 2.44 bits per heavy atom. The van der Waals surface area contributed by atoms with Crippen LogP contribution in [0.25, 0.3) is 0 Å². The number of benzene rings is 1. The van der Waals surface area contributed by atoms with Gasteiger partial charge in [-0.15, -0.1) is 0 Å².